The average Bonchev–Trinajstić information content (AvgIpc) is 2.47. The minimum absolute atomic E-state index is 0.00745. The molecular weight excluding hydrogens is 254 g/mol. The molecule has 0 saturated heterocycles. The molecule has 0 aliphatic heterocycles. The molecule has 0 unspecified atom stereocenters. The van der Waals surface area contributed by atoms with Crippen molar-refractivity contribution in [2.24, 2.45) is 0 Å². The fraction of sp³-hybridized carbons (Fsp3) is 0.188. The highest BCUT2D eigenvalue weighted by Crippen LogP contribution is 2.29. The normalized spacial score (nSPS) is 11.1. The fourth-order valence-electron chi connectivity index (χ4n) is 2.08. The van der Waals surface area contributed by atoms with E-state index in [1.165, 1.54) is 12.1 Å². The average molecular weight is 269 g/mol. The van der Waals surface area contributed by atoms with Crippen molar-refractivity contribution in [3.8, 4) is 0 Å². The van der Waals surface area contributed by atoms with Crippen LogP contribution in [0.25, 0.3) is 0 Å². The summed E-state index contributed by atoms with van der Waals surface area (Å²) in [5.41, 5.74) is 0.695. The van der Waals surface area contributed by atoms with Gasteiger partial charge in [0, 0.05) is 17.7 Å². The third-order valence-corrected chi connectivity index (χ3v) is 3.40. The Morgan fingerprint density at radius 1 is 1.00 bits per heavy atom. The summed E-state index contributed by atoms with van der Waals surface area (Å²) in [6.45, 7) is 3.65. The van der Waals surface area contributed by atoms with Gasteiger partial charge in [-0.1, -0.05) is 42.5 Å². The molecule has 0 aromatic heterocycles. The minimum Gasteiger partial charge on any atom is -0.293 e. The van der Waals surface area contributed by atoms with Crippen LogP contribution >= 0.6 is 0 Å². The summed E-state index contributed by atoms with van der Waals surface area (Å²) in [6.07, 6.45) is 0. The largest absolute Gasteiger partial charge is 0.293 e. The number of non-ortho nitro benzene ring substituents is 1. The van der Waals surface area contributed by atoms with Crippen LogP contribution < -0.4 is 0 Å². The van der Waals surface area contributed by atoms with Gasteiger partial charge in [-0.15, -0.1) is 0 Å². The van der Waals surface area contributed by atoms with Crippen molar-refractivity contribution in [1.82, 2.24) is 0 Å². The van der Waals surface area contributed by atoms with Gasteiger partial charge in [0.25, 0.3) is 5.69 Å². The van der Waals surface area contributed by atoms with Crippen molar-refractivity contribution >= 4 is 11.5 Å². The number of benzene rings is 2. The molecule has 2 aromatic carbocycles. The van der Waals surface area contributed by atoms with Crippen molar-refractivity contribution in [3.05, 3.63) is 75.8 Å². The first-order chi connectivity index (χ1) is 9.43. The lowest BCUT2D eigenvalue weighted by Gasteiger charge is -2.23. The molecule has 0 fully saturated rings. The number of carbonyl (C=O) groups is 1. The molecule has 0 amide bonds. The Labute approximate surface area is 117 Å². The van der Waals surface area contributed by atoms with Crippen molar-refractivity contribution in [2.75, 3.05) is 0 Å². The summed E-state index contributed by atoms with van der Waals surface area (Å²) >= 11 is 0. The van der Waals surface area contributed by atoms with E-state index in [4.69, 9.17) is 0 Å². The van der Waals surface area contributed by atoms with Crippen LogP contribution in [0.5, 0.6) is 0 Å². The number of Topliss-reactive ketones (excluding diaryl/α,β-unsaturated/α-hetero) is 1. The summed E-state index contributed by atoms with van der Waals surface area (Å²) in [6, 6.07) is 15.2. The molecule has 4 heteroatoms. The molecular formula is C16H15NO3. The number of hydrogen-bond acceptors (Lipinski definition) is 3. The summed E-state index contributed by atoms with van der Waals surface area (Å²) in [4.78, 5) is 22.8. The first kappa shape index (κ1) is 13.9. The molecule has 0 heterocycles. The van der Waals surface area contributed by atoms with Crippen molar-refractivity contribution in [2.45, 2.75) is 19.3 Å². The standard InChI is InChI=1S/C16H15NO3/c1-16(2,15(18)12-6-4-3-5-7-12)13-8-10-14(11-9-13)17(19)20/h3-11H,1-2H3. The highest BCUT2D eigenvalue weighted by molar-refractivity contribution is 6.03. The number of carbonyl (C=O) groups excluding carboxylic acids is 1. The van der Waals surface area contributed by atoms with E-state index in [-0.39, 0.29) is 11.5 Å². The molecule has 0 bridgehead atoms. The monoisotopic (exact) mass is 269 g/mol. The maximum Gasteiger partial charge on any atom is 0.269 e. The van der Waals surface area contributed by atoms with Gasteiger partial charge in [0.1, 0.15) is 0 Å². The molecule has 20 heavy (non-hydrogen) atoms. The van der Waals surface area contributed by atoms with Crippen LogP contribution in [0, 0.1) is 10.1 Å². The molecule has 0 radical (unpaired) electrons. The minimum atomic E-state index is -0.726. The summed E-state index contributed by atoms with van der Waals surface area (Å²) in [5.74, 6) is -0.00745. The Morgan fingerprint density at radius 3 is 2.05 bits per heavy atom. The summed E-state index contributed by atoms with van der Waals surface area (Å²) in [5, 5.41) is 10.7. The van der Waals surface area contributed by atoms with Gasteiger partial charge in [0.15, 0.2) is 5.78 Å². The van der Waals surface area contributed by atoms with E-state index in [9.17, 15) is 14.9 Å². The number of nitro benzene ring substituents is 1. The molecule has 102 valence electrons. The van der Waals surface area contributed by atoms with Gasteiger partial charge < -0.3 is 0 Å². The van der Waals surface area contributed by atoms with Crippen LogP contribution in [0.3, 0.4) is 0 Å². The van der Waals surface area contributed by atoms with Crippen LogP contribution in [-0.2, 0) is 5.41 Å². The first-order valence-electron chi connectivity index (χ1n) is 6.27. The molecule has 0 spiro atoms. The van der Waals surface area contributed by atoms with Crippen molar-refractivity contribution in [1.29, 1.82) is 0 Å². The highest BCUT2D eigenvalue weighted by atomic mass is 16.6. The number of ketones is 1. The summed E-state index contributed by atoms with van der Waals surface area (Å²) in [7, 11) is 0. The SMILES string of the molecule is CC(C)(C(=O)c1ccccc1)c1ccc([N+](=O)[O-])cc1. The quantitative estimate of drug-likeness (QED) is 0.482. The third kappa shape index (κ3) is 2.59. The van der Waals surface area contributed by atoms with Gasteiger partial charge in [0.2, 0.25) is 0 Å². The van der Waals surface area contributed by atoms with E-state index in [0.717, 1.165) is 5.56 Å². The molecule has 2 aromatic rings. The third-order valence-electron chi connectivity index (χ3n) is 3.40. The molecule has 0 N–H and O–H groups in total. The van der Waals surface area contributed by atoms with Gasteiger partial charge in [-0.05, 0) is 19.4 Å². The second-order valence-corrected chi connectivity index (χ2v) is 5.12. The number of hydrogen-bond donors (Lipinski definition) is 0. The van der Waals surface area contributed by atoms with Crippen LogP contribution in [0.4, 0.5) is 5.69 Å². The molecule has 0 atom stereocenters. The van der Waals surface area contributed by atoms with Gasteiger partial charge in [-0.25, -0.2) is 0 Å². The predicted molar refractivity (Wildman–Crippen MR) is 76.9 cm³/mol. The van der Waals surface area contributed by atoms with Crippen LogP contribution in [-0.4, -0.2) is 10.7 Å². The van der Waals surface area contributed by atoms with E-state index in [0.29, 0.717) is 5.56 Å². The Morgan fingerprint density at radius 2 is 1.55 bits per heavy atom. The Kier molecular flexibility index (Phi) is 3.66. The predicted octanol–water partition coefficient (Wildman–Crippen LogP) is 3.76. The van der Waals surface area contributed by atoms with Gasteiger partial charge in [-0.3, -0.25) is 14.9 Å². The smallest absolute Gasteiger partial charge is 0.269 e. The molecule has 4 nitrogen and oxygen atoms in total. The second kappa shape index (κ2) is 5.25. The van der Waals surface area contributed by atoms with Gasteiger partial charge >= 0.3 is 0 Å². The van der Waals surface area contributed by atoms with Crippen LogP contribution in [0.1, 0.15) is 29.8 Å². The second-order valence-electron chi connectivity index (χ2n) is 5.12. The Bertz CT molecular complexity index is 631. The zero-order chi connectivity index (χ0) is 14.8. The molecule has 2 rings (SSSR count). The Balaban J connectivity index is 2.34. The lowest BCUT2D eigenvalue weighted by atomic mass is 9.78. The van der Waals surface area contributed by atoms with E-state index in [1.807, 2.05) is 32.0 Å². The summed E-state index contributed by atoms with van der Waals surface area (Å²) < 4.78 is 0. The lowest BCUT2D eigenvalue weighted by molar-refractivity contribution is -0.384. The molecule has 0 aliphatic carbocycles. The zero-order valence-electron chi connectivity index (χ0n) is 11.4. The maximum absolute atomic E-state index is 12.6. The van der Waals surface area contributed by atoms with Crippen LogP contribution in [0.15, 0.2) is 54.6 Å². The zero-order valence-corrected chi connectivity index (χ0v) is 11.4. The number of nitrogens with zero attached hydrogens (tertiary/aromatic N) is 1. The Hall–Kier alpha value is -2.49. The highest BCUT2D eigenvalue weighted by Gasteiger charge is 2.30. The van der Waals surface area contributed by atoms with Crippen molar-refractivity contribution < 1.29 is 9.72 Å². The van der Waals surface area contributed by atoms with E-state index in [2.05, 4.69) is 0 Å². The lowest BCUT2D eigenvalue weighted by Crippen LogP contribution is -2.29. The van der Waals surface area contributed by atoms with Crippen molar-refractivity contribution in [3.63, 3.8) is 0 Å². The maximum atomic E-state index is 12.6. The first-order valence-corrected chi connectivity index (χ1v) is 6.27. The van der Waals surface area contributed by atoms with Gasteiger partial charge in [0.05, 0.1) is 10.3 Å². The number of rotatable bonds is 4. The van der Waals surface area contributed by atoms with Gasteiger partial charge in [-0.2, -0.15) is 0 Å². The van der Waals surface area contributed by atoms with Crippen LogP contribution in [0.2, 0.25) is 0 Å². The van der Waals surface area contributed by atoms with E-state index >= 15 is 0 Å². The fourth-order valence-corrected chi connectivity index (χ4v) is 2.08. The molecule has 0 saturated carbocycles. The number of nitro groups is 1. The molecule has 0 aliphatic rings. The van der Waals surface area contributed by atoms with E-state index in [1.54, 1.807) is 24.3 Å². The van der Waals surface area contributed by atoms with E-state index < -0.39 is 10.3 Å². The topological polar surface area (TPSA) is 60.2 Å².